The van der Waals surface area contributed by atoms with Gasteiger partial charge in [0.25, 0.3) is 11.5 Å². The second-order valence-corrected chi connectivity index (χ2v) is 9.89. The van der Waals surface area contributed by atoms with Gasteiger partial charge in [0.2, 0.25) is 0 Å². The van der Waals surface area contributed by atoms with E-state index in [1.165, 1.54) is 16.8 Å². The van der Waals surface area contributed by atoms with Crippen molar-refractivity contribution in [3.05, 3.63) is 96.3 Å². The average molecular weight is 663 g/mol. The molecule has 0 radical (unpaired) electrons. The first-order chi connectivity index (χ1) is 17.4. The SMILES string of the molecule is CCCc1nc2ccc(Br)cc2c(=O)n1N=Cc1ccc(OCC(=O)Nc2ccccc2F)c(I)c1. The Morgan fingerprint density at radius 3 is 2.78 bits per heavy atom. The number of ether oxygens (including phenoxy) is 1. The summed E-state index contributed by atoms with van der Waals surface area (Å²) in [5.74, 6) is 0.0981. The molecule has 36 heavy (non-hydrogen) atoms. The third kappa shape index (κ3) is 6.16. The van der Waals surface area contributed by atoms with E-state index in [9.17, 15) is 14.0 Å². The van der Waals surface area contributed by atoms with Gasteiger partial charge in [0.1, 0.15) is 17.4 Å². The second-order valence-electron chi connectivity index (χ2n) is 7.81. The molecule has 3 aromatic carbocycles. The van der Waals surface area contributed by atoms with Crippen molar-refractivity contribution in [1.82, 2.24) is 9.66 Å². The van der Waals surface area contributed by atoms with E-state index >= 15 is 0 Å². The van der Waals surface area contributed by atoms with Crippen LogP contribution in [0.25, 0.3) is 10.9 Å². The molecule has 184 valence electrons. The van der Waals surface area contributed by atoms with Crippen molar-refractivity contribution in [2.75, 3.05) is 11.9 Å². The maximum Gasteiger partial charge on any atom is 0.282 e. The standard InChI is InChI=1S/C26H21BrFIN4O3/c1-2-5-24-31-21-10-9-17(27)13-18(21)26(35)33(24)30-14-16-8-11-23(20(29)12-16)36-15-25(34)32-22-7-4-3-6-19(22)28/h3-4,6-14H,2,5,15H2,1H3,(H,32,34). The minimum atomic E-state index is -0.514. The maximum atomic E-state index is 13.7. The molecule has 4 aromatic rings. The van der Waals surface area contributed by atoms with Crippen LogP contribution in [0.4, 0.5) is 10.1 Å². The number of nitrogens with zero attached hydrogens (tertiary/aromatic N) is 3. The van der Waals surface area contributed by atoms with Crippen molar-refractivity contribution < 1.29 is 13.9 Å². The van der Waals surface area contributed by atoms with Crippen LogP contribution in [0, 0.1) is 9.39 Å². The molecule has 1 heterocycles. The number of halogens is 3. The third-order valence-corrected chi connectivity index (χ3v) is 6.47. The quantitative estimate of drug-likeness (QED) is 0.192. The molecule has 0 fully saturated rings. The molecule has 10 heteroatoms. The number of hydrogen-bond donors (Lipinski definition) is 1. The van der Waals surface area contributed by atoms with E-state index in [1.807, 2.05) is 25.1 Å². The van der Waals surface area contributed by atoms with Crippen LogP contribution in [0.2, 0.25) is 0 Å². The summed E-state index contributed by atoms with van der Waals surface area (Å²) in [5, 5.41) is 7.39. The Balaban J connectivity index is 1.50. The van der Waals surface area contributed by atoms with E-state index in [-0.39, 0.29) is 17.9 Å². The number of amides is 1. The van der Waals surface area contributed by atoms with Crippen molar-refractivity contribution in [1.29, 1.82) is 0 Å². The van der Waals surface area contributed by atoms with Crippen LogP contribution in [-0.2, 0) is 11.2 Å². The molecule has 0 aliphatic carbocycles. The second kappa shape index (κ2) is 11.7. The number of aryl methyl sites for hydroxylation is 1. The van der Waals surface area contributed by atoms with Gasteiger partial charge in [-0.15, -0.1) is 0 Å². The molecule has 0 atom stereocenters. The predicted octanol–water partition coefficient (Wildman–Crippen LogP) is 5.75. The lowest BCUT2D eigenvalue weighted by Gasteiger charge is -2.10. The van der Waals surface area contributed by atoms with Gasteiger partial charge in [-0.1, -0.05) is 35.0 Å². The summed E-state index contributed by atoms with van der Waals surface area (Å²) in [4.78, 5) is 29.9. The normalized spacial score (nSPS) is 11.2. The van der Waals surface area contributed by atoms with E-state index in [1.54, 1.807) is 36.5 Å². The number of aromatic nitrogens is 2. The van der Waals surface area contributed by atoms with Crippen molar-refractivity contribution in [2.24, 2.45) is 5.10 Å². The van der Waals surface area contributed by atoms with Gasteiger partial charge >= 0.3 is 0 Å². The Morgan fingerprint density at radius 2 is 2.03 bits per heavy atom. The van der Waals surface area contributed by atoms with E-state index in [4.69, 9.17) is 4.74 Å². The van der Waals surface area contributed by atoms with Gasteiger partial charge in [-0.25, -0.2) is 9.37 Å². The molecule has 1 N–H and O–H groups in total. The number of hydrogen-bond acceptors (Lipinski definition) is 5. The van der Waals surface area contributed by atoms with Crippen LogP contribution in [0.5, 0.6) is 5.75 Å². The summed E-state index contributed by atoms with van der Waals surface area (Å²) >= 11 is 5.50. The Bertz CT molecular complexity index is 1520. The molecular formula is C26H21BrFIN4O3. The summed E-state index contributed by atoms with van der Waals surface area (Å²) in [6.45, 7) is 1.75. The highest BCUT2D eigenvalue weighted by Crippen LogP contribution is 2.22. The molecule has 0 unspecified atom stereocenters. The fourth-order valence-corrected chi connectivity index (χ4v) is 4.49. The highest BCUT2D eigenvalue weighted by molar-refractivity contribution is 14.1. The zero-order chi connectivity index (χ0) is 25.7. The topological polar surface area (TPSA) is 85.6 Å². The molecule has 0 saturated heterocycles. The van der Waals surface area contributed by atoms with Crippen LogP contribution < -0.4 is 15.6 Å². The predicted molar refractivity (Wildman–Crippen MR) is 150 cm³/mol. The molecule has 7 nitrogen and oxygen atoms in total. The van der Waals surface area contributed by atoms with Crippen molar-refractivity contribution in [3.8, 4) is 5.75 Å². The summed E-state index contributed by atoms with van der Waals surface area (Å²) in [7, 11) is 0. The molecular weight excluding hydrogens is 642 g/mol. The maximum absolute atomic E-state index is 13.7. The van der Waals surface area contributed by atoms with Gasteiger partial charge in [0, 0.05) is 10.9 Å². The van der Waals surface area contributed by atoms with Gasteiger partial charge in [-0.2, -0.15) is 9.78 Å². The van der Waals surface area contributed by atoms with E-state index in [0.29, 0.717) is 28.9 Å². The highest BCUT2D eigenvalue weighted by atomic mass is 127. The van der Waals surface area contributed by atoms with Crippen LogP contribution in [-0.4, -0.2) is 28.4 Å². The Morgan fingerprint density at radius 1 is 1.22 bits per heavy atom. The lowest BCUT2D eigenvalue weighted by atomic mass is 10.2. The lowest BCUT2D eigenvalue weighted by Crippen LogP contribution is -2.22. The third-order valence-electron chi connectivity index (χ3n) is 5.13. The number of rotatable bonds is 8. The van der Waals surface area contributed by atoms with E-state index in [0.717, 1.165) is 20.0 Å². The number of benzene rings is 3. The number of para-hydroxylation sites is 1. The van der Waals surface area contributed by atoms with Gasteiger partial charge in [-0.05, 0) is 83.1 Å². The van der Waals surface area contributed by atoms with E-state index < -0.39 is 11.7 Å². The summed E-state index contributed by atoms with van der Waals surface area (Å²) < 4.78 is 22.2. The van der Waals surface area contributed by atoms with Crippen molar-refractivity contribution >= 4 is 67.2 Å². The minimum Gasteiger partial charge on any atom is -0.483 e. The summed E-state index contributed by atoms with van der Waals surface area (Å²) in [5.41, 5.74) is 1.23. The van der Waals surface area contributed by atoms with Gasteiger partial charge in [0.15, 0.2) is 6.61 Å². The first-order valence-corrected chi connectivity index (χ1v) is 12.9. The number of carbonyl (C=O) groups is 1. The molecule has 1 amide bonds. The van der Waals surface area contributed by atoms with Crippen LogP contribution in [0.3, 0.4) is 0 Å². The van der Waals surface area contributed by atoms with Crippen LogP contribution in [0.15, 0.2) is 75.0 Å². The molecule has 0 aliphatic rings. The van der Waals surface area contributed by atoms with Gasteiger partial charge in [0.05, 0.1) is 26.4 Å². The number of anilines is 1. The smallest absolute Gasteiger partial charge is 0.282 e. The van der Waals surface area contributed by atoms with Crippen LogP contribution in [0.1, 0.15) is 24.7 Å². The molecule has 0 saturated carbocycles. The first-order valence-electron chi connectivity index (χ1n) is 11.1. The van der Waals surface area contributed by atoms with Crippen molar-refractivity contribution in [3.63, 3.8) is 0 Å². The Kier molecular flexibility index (Phi) is 8.47. The van der Waals surface area contributed by atoms with Gasteiger partial charge < -0.3 is 10.1 Å². The number of fused-ring (bicyclic) bond motifs is 1. The zero-order valence-corrected chi connectivity index (χ0v) is 22.9. The zero-order valence-electron chi connectivity index (χ0n) is 19.2. The monoisotopic (exact) mass is 662 g/mol. The highest BCUT2D eigenvalue weighted by Gasteiger charge is 2.12. The van der Waals surface area contributed by atoms with Crippen molar-refractivity contribution in [2.45, 2.75) is 19.8 Å². The average Bonchev–Trinajstić information content (AvgIpc) is 2.85. The lowest BCUT2D eigenvalue weighted by molar-refractivity contribution is -0.118. The molecule has 1 aromatic heterocycles. The number of nitrogens with one attached hydrogen (secondary N) is 1. The largest absolute Gasteiger partial charge is 0.483 e. The molecule has 0 spiro atoms. The molecule has 4 rings (SSSR count). The fraction of sp³-hybridized carbons (Fsp3) is 0.154. The summed E-state index contributed by atoms with van der Waals surface area (Å²) in [6.07, 6.45) is 3.01. The number of carbonyl (C=O) groups excluding carboxylic acids is 1. The molecule has 0 aliphatic heterocycles. The Hall–Kier alpha value is -3.12. The van der Waals surface area contributed by atoms with Gasteiger partial charge in [-0.3, -0.25) is 9.59 Å². The fourth-order valence-electron chi connectivity index (χ4n) is 3.43. The summed E-state index contributed by atoms with van der Waals surface area (Å²) in [6, 6.07) is 16.6. The molecule has 0 bridgehead atoms. The minimum absolute atomic E-state index is 0.0978. The Labute approximate surface area is 228 Å². The van der Waals surface area contributed by atoms with Crippen LogP contribution >= 0.6 is 38.5 Å². The first kappa shape index (κ1) is 26.0. The van der Waals surface area contributed by atoms with E-state index in [2.05, 4.69) is 53.9 Å².